The third kappa shape index (κ3) is 2.95. The van der Waals surface area contributed by atoms with E-state index in [1.807, 2.05) is 24.3 Å². The lowest BCUT2D eigenvalue weighted by molar-refractivity contribution is -0.112. The minimum Gasteiger partial charge on any atom is -0.366 e. The molecule has 2 aromatic carbocycles. The second kappa shape index (κ2) is 6.24. The number of para-hydroxylation sites is 1. The van der Waals surface area contributed by atoms with E-state index in [2.05, 4.69) is 5.32 Å². The summed E-state index contributed by atoms with van der Waals surface area (Å²) in [4.78, 5) is 13.1. The van der Waals surface area contributed by atoms with E-state index in [1.54, 1.807) is 30.0 Å². The lowest BCUT2D eigenvalue weighted by atomic mass is 10.0. The van der Waals surface area contributed by atoms with Gasteiger partial charge in [0.15, 0.2) is 0 Å². The third-order valence-electron chi connectivity index (χ3n) is 3.30. The van der Waals surface area contributed by atoms with Gasteiger partial charge in [-0.1, -0.05) is 41.4 Å². The first-order valence-corrected chi connectivity index (χ1v) is 8.27. The number of carbonyl (C=O) groups is 1. The first kappa shape index (κ1) is 15.3. The van der Waals surface area contributed by atoms with E-state index >= 15 is 0 Å². The van der Waals surface area contributed by atoms with Gasteiger partial charge in [-0.2, -0.15) is 0 Å². The van der Waals surface area contributed by atoms with Crippen molar-refractivity contribution in [2.75, 3.05) is 11.1 Å². The molecule has 3 N–H and O–H groups in total. The van der Waals surface area contributed by atoms with Crippen LogP contribution in [0, 0.1) is 0 Å². The highest BCUT2D eigenvalue weighted by atomic mass is 35.5. The van der Waals surface area contributed by atoms with E-state index in [9.17, 15) is 4.79 Å². The molecule has 0 aliphatic carbocycles. The van der Waals surface area contributed by atoms with Crippen LogP contribution in [0.1, 0.15) is 5.56 Å². The first-order chi connectivity index (χ1) is 10.6. The lowest BCUT2D eigenvalue weighted by Gasteiger charge is -2.22. The second-order valence-electron chi connectivity index (χ2n) is 4.76. The number of carbonyl (C=O) groups excluding carboxylic acids is 1. The van der Waals surface area contributed by atoms with Gasteiger partial charge >= 0.3 is 0 Å². The van der Waals surface area contributed by atoms with Gasteiger partial charge in [-0.25, -0.2) is 0 Å². The van der Waals surface area contributed by atoms with Crippen LogP contribution in [-0.2, 0) is 4.79 Å². The topological polar surface area (TPSA) is 55.1 Å². The van der Waals surface area contributed by atoms with Crippen molar-refractivity contribution in [3.05, 3.63) is 63.8 Å². The largest absolute Gasteiger partial charge is 0.366 e. The molecule has 3 nitrogen and oxygen atoms in total. The molecule has 0 radical (unpaired) electrons. The van der Waals surface area contributed by atoms with Crippen molar-refractivity contribution in [3.8, 4) is 0 Å². The maximum atomic E-state index is 11.9. The van der Waals surface area contributed by atoms with Gasteiger partial charge in [-0.3, -0.25) is 4.79 Å². The Hall–Kier alpha value is -1.62. The van der Waals surface area contributed by atoms with Gasteiger partial charge < -0.3 is 11.1 Å². The number of anilines is 1. The van der Waals surface area contributed by atoms with Gasteiger partial charge in [0.05, 0.1) is 21.3 Å². The summed E-state index contributed by atoms with van der Waals surface area (Å²) < 4.78 is 0. The molecule has 0 fully saturated rings. The summed E-state index contributed by atoms with van der Waals surface area (Å²) in [7, 11) is 0. The van der Waals surface area contributed by atoms with Crippen LogP contribution in [0.15, 0.2) is 53.1 Å². The maximum absolute atomic E-state index is 11.9. The summed E-state index contributed by atoms with van der Waals surface area (Å²) in [5.74, 6) is 0.135. The Morgan fingerprint density at radius 3 is 2.64 bits per heavy atom. The summed E-state index contributed by atoms with van der Waals surface area (Å²) in [5, 5.41) is 4.12. The smallest absolute Gasteiger partial charge is 0.251 e. The molecule has 1 aliphatic heterocycles. The van der Waals surface area contributed by atoms with Crippen LogP contribution in [0.5, 0.6) is 0 Å². The zero-order valence-corrected chi connectivity index (χ0v) is 13.7. The van der Waals surface area contributed by atoms with Crippen molar-refractivity contribution >= 4 is 52.1 Å². The molecule has 0 aromatic heterocycles. The van der Waals surface area contributed by atoms with E-state index in [4.69, 9.17) is 28.9 Å². The molecular formula is C16H12Cl2N2OS. The van der Waals surface area contributed by atoms with Crippen LogP contribution in [0.3, 0.4) is 0 Å². The molecule has 0 spiro atoms. The van der Waals surface area contributed by atoms with Crippen molar-refractivity contribution in [3.63, 3.8) is 0 Å². The Bertz CT molecular complexity index is 789. The SMILES string of the molecule is NC(=O)/C(=C1\CSc2ccccc2N1)c1ccc(Cl)c(Cl)c1. The van der Waals surface area contributed by atoms with E-state index in [0.717, 1.165) is 16.3 Å². The molecular weight excluding hydrogens is 339 g/mol. The Balaban J connectivity index is 2.08. The van der Waals surface area contributed by atoms with Crippen LogP contribution in [0.4, 0.5) is 5.69 Å². The van der Waals surface area contributed by atoms with Gasteiger partial charge in [0, 0.05) is 16.3 Å². The van der Waals surface area contributed by atoms with Crippen molar-refractivity contribution in [2.24, 2.45) is 5.73 Å². The molecule has 0 bridgehead atoms. The summed E-state index contributed by atoms with van der Waals surface area (Å²) in [6, 6.07) is 13.0. The Morgan fingerprint density at radius 2 is 1.91 bits per heavy atom. The summed E-state index contributed by atoms with van der Waals surface area (Å²) >= 11 is 13.6. The number of nitrogens with one attached hydrogen (secondary N) is 1. The third-order valence-corrected chi connectivity index (χ3v) is 5.14. The fourth-order valence-corrected chi connectivity index (χ4v) is 3.56. The minimum absolute atomic E-state index is 0.391. The number of hydrogen-bond acceptors (Lipinski definition) is 3. The molecule has 0 unspecified atom stereocenters. The van der Waals surface area contributed by atoms with Gasteiger partial charge in [-0.15, -0.1) is 11.8 Å². The van der Waals surface area contributed by atoms with E-state index in [1.165, 1.54) is 0 Å². The van der Waals surface area contributed by atoms with E-state index in [0.29, 0.717) is 26.9 Å². The van der Waals surface area contributed by atoms with Gasteiger partial charge in [-0.05, 0) is 29.8 Å². The number of halogens is 2. The van der Waals surface area contributed by atoms with E-state index < -0.39 is 5.91 Å². The average Bonchev–Trinajstić information content (AvgIpc) is 2.50. The highest BCUT2D eigenvalue weighted by Gasteiger charge is 2.20. The van der Waals surface area contributed by atoms with Crippen molar-refractivity contribution in [1.82, 2.24) is 0 Å². The molecule has 2 aromatic rings. The van der Waals surface area contributed by atoms with Crippen molar-refractivity contribution < 1.29 is 4.79 Å². The molecule has 3 rings (SSSR count). The normalized spacial score (nSPS) is 15.7. The quantitative estimate of drug-likeness (QED) is 0.788. The van der Waals surface area contributed by atoms with Crippen LogP contribution >= 0.6 is 35.0 Å². The fourth-order valence-electron chi connectivity index (χ4n) is 2.30. The van der Waals surface area contributed by atoms with Crippen LogP contribution < -0.4 is 11.1 Å². The summed E-state index contributed by atoms with van der Waals surface area (Å²) in [6.45, 7) is 0. The number of primary amides is 1. The molecule has 1 aliphatic rings. The molecule has 22 heavy (non-hydrogen) atoms. The fraction of sp³-hybridized carbons (Fsp3) is 0.0625. The number of amides is 1. The van der Waals surface area contributed by atoms with Gasteiger partial charge in [0.1, 0.15) is 0 Å². The van der Waals surface area contributed by atoms with Crippen LogP contribution in [0.25, 0.3) is 5.57 Å². The lowest BCUT2D eigenvalue weighted by Crippen LogP contribution is -2.20. The van der Waals surface area contributed by atoms with Crippen molar-refractivity contribution in [1.29, 1.82) is 0 Å². The summed E-state index contributed by atoms with van der Waals surface area (Å²) in [6.07, 6.45) is 0. The zero-order chi connectivity index (χ0) is 15.7. The number of nitrogens with two attached hydrogens (primary N) is 1. The molecule has 0 saturated heterocycles. The highest BCUT2D eigenvalue weighted by Crippen LogP contribution is 2.37. The minimum atomic E-state index is -0.499. The maximum Gasteiger partial charge on any atom is 0.251 e. The Labute approximate surface area is 142 Å². The number of rotatable bonds is 2. The molecule has 0 saturated carbocycles. The zero-order valence-electron chi connectivity index (χ0n) is 11.4. The number of benzene rings is 2. The van der Waals surface area contributed by atoms with Gasteiger partial charge in [0.25, 0.3) is 5.91 Å². The predicted molar refractivity (Wildman–Crippen MR) is 93.4 cm³/mol. The van der Waals surface area contributed by atoms with Crippen molar-refractivity contribution in [2.45, 2.75) is 4.90 Å². The molecule has 1 amide bonds. The number of hydrogen-bond donors (Lipinski definition) is 2. The molecule has 6 heteroatoms. The number of fused-ring (bicyclic) bond motifs is 1. The first-order valence-electron chi connectivity index (χ1n) is 6.53. The molecule has 112 valence electrons. The standard InChI is InChI=1S/C16H12Cl2N2OS/c17-10-6-5-9(7-11(10)18)15(16(19)21)13-8-22-14-4-2-1-3-12(14)20-13/h1-7,20H,8H2,(H2,19,21)/b15-13+. The monoisotopic (exact) mass is 350 g/mol. The molecule has 1 heterocycles. The van der Waals surface area contributed by atoms with Gasteiger partial charge in [0.2, 0.25) is 0 Å². The van der Waals surface area contributed by atoms with Crippen LogP contribution in [0.2, 0.25) is 10.0 Å². The second-order valence-corrected chi connectivity index (χ2v) is 6.59. The number of thioether (sulfide) groups is 1. The summed E-state index contributed by atoms with van der Waals surface area (Å²) in [5.41, 5.74) is 8.41. The highest BCUT2D eigenvalue weighted by molar-refractivity contribution is 7.99. The Morgan fingerprint density at radius 1 is 1.14 bits per heavy atom. The average molecular weight is 351 g/mol. The predicted octanol–water partition coefficient (Wildman–Crippen LogP) is 4.41. The Kier molecular flexibility index (Phi) is 4.34. The van der Waals surface area contributed by atoms with Crippen LogP contribution in [-0.4, -0.2) is 11.7 Å². The molecule has 0 atom stereocenters. The van der Waals surface area contributed by atoms with E-state index in [-0.39, 0.29) is 0 Å².